The van der Waals surface area contributed by atoms with Crippen molar-refractivity contribution >= 4 is 7.12 Å². The van der Waals surface area contributed by atoms with Gasteiger partial charge in [0.05, 0.1) is 31.7 Å². The Kier molecular flexibility index (Phi) is 6.14. The van der Waals surface area contributed by atoms with Crippen LogP contribution in [0.3, 0.4) is 0 Å². The minimum Gasteiger partial charge on any atom is -0.493 e. The Morgan fingerprint density at radius 1 is 1.27 bits per heavy atom. The van der Waals surface area contributed by atoms with Gasteiger partial charge in [0.1, 0.15) is 0 Å². The molecule has 3 rings (SSSR count). The zero-order valence-electron chi connectivity index (χ0n) is 15.1. The predicted molar refractivity (Wildman–Crippen MR) is 99.4 cm³/mol. The second-order valence-electron chi connectivity index (χ2n) is 6.37. The topological polar surface area (TPSA) is 81.0 Å². The summed E-state index contributed by atoms with van der Waals surface area (Å²) in [4.78, 5) is 4.54. The fourth-order valence-electron chi connectivity index (χ4n) is 3.08. The third-order valence-electron chi connectivity index (χ3n) is 4.43. The van der Waals surface area contributed by atoms with E-state index in [0.29, 0.717) is 36.7 Å². The third kappa shape index (κ3) is 4.18. The highest BCUT2D eigenvalue weighted by Crippen LogP contribution is 2.35. The highest BCUT2D eigenvalue weighted by molar-refractivity contribution is 6.43. The minimum absolute atomic E-state index is 0.0890. The first kappa shape index (κ1) is 18.7. The van der Waals surface area contributed by atoms with Crippen LogP contribution in [0.5, 0.6) is 11.5 Å². The average molecular weight is 357 g/mol. The number of aliphatic hydroxyl groups is 1. The number of aliphatic hydroxyl groups excluding tert-OH is 1. The molecule has 6 nitrogen and oxygen atoms in total. The Hall–Kier alpha value is -2.09. The first-order valence-corrected chi connectivity index (χ1v) is 8.87. The Morgan fingerprint density at radius 2 is 2.12 bits per heavy atom. The van der Waals surface area contributed by atoms with Gasteiger partial charge in [0.15, 0.2) is 11.5 Å². The van der Waals surface area contributed by atoms with Crippen molar-refractivity contribution in [1.82, 2.24) is 4.98 Å². The average Bonchev–Trinajstić information content (AvgIpc) is 3.12. The van der Waals surface area contributed by atoms with Crippen LogP contribution in [0.25, 0.3) is 11.3 Å². The molecule has 1 aliphatic heterocycles. The Labute approximate surface area is 153 Å². The maximum absolute atomic E-state index is 9.63. The molecular weight excluding hydrogens is 333 g/mol. The van der Waals surface area contributed by atoms with E-state index in [4.69, 9.17) is 14.1 Å². The first-order valence-electron chi connectivity index (χ1n) is 8.87. The molecular formula is C19H24BNO5. The van der Waals surface area contributed by atoms with Crippen LogP contribution in [0, 0.1) is 0 Å². The summed E-state index contributed by atoms with van der Waals surface area (Å²) in [5.74, 6) is 1.43. The van der Waals surface area contributed by atoms with Crippen molar-refractivity contribution in [3.05, 3.63) is 41.6 Å². The molecule has 0 radical (unpaired) electrons. The second-order valence-corrected chi connectivity index (χ2v) is 6.37. The van der Waals surface area contributed by atoms with Gasteiger partial charge in [-0.3, -0.25) is 4.98 Å². The zero-order chi connectivity index (χ0) is 18.5. The molecule has 0 spiro atoms. The summed E-state index contributed by atoms with van der Waals surface area (Å²) >= 11 is 0. The van der Waals surface area contributed by atoms with Gasteiger partial charge in [-0.15, -0.1) is 0 Å². The number of ether oxygens (including phenoxy) is 2. The molecule has 0 aliphatic carbocycles. The molecule has 0 bridgehead atoms. The molecule has 2 heterocycles. The van der Waals surface area contributed by atoms with Crippen LogP contribution in [0.4, 0.5) is 0 Å². The molecule has 1 aromatic carbocycles. The molecule has 1 saturated heterocycles. The maximum atomic E-state index is 9.63. The van der Waals surface area contributed by atoms with Crippen LogP contribution in [0.15, 0.2) is 30.3 Å². The number of aromatic nitrogens is 1. The Bertz CT molecular complexity index is 755. The molecule has 1 atom stereocenters. The van der Waals surface area contributed by atoms with Crippen molar-refractivity contribution < 1.29 is 24.3 Å². The number of hydrogen-bond acceptors (Lipinski definition) is 6. The van der Waals surface area contributed by atoms with Crippen molar-refractivity contribution in [2.75, 3.05) is 20.3 Å². The van der Waals surface area contributed by atoms with Gasteiger partial charge in [-0.2, -0.15) is 0 Å². The van der Waals surface area contributed by atoms with E-state index in [-0.39, 0.29) is 12.5 Å². The lowest BCUT2D eigenvalue weighted by molar-refractivity contribution is 0.276. The third-order valence-corrected chi connectivity index (χ3v) is 4.43. The number of rotatable bonds is 7. The molecule has 7 heteroatoms. The highest BCUT2D eigenvalue weighted by atomic mass is 16.5. The highest BCUT2D eigenvalue weighted by Gasteiger charge is 2.30. The standard InChI is InChI=1S/C19H24BNO5/c1-3-6-25-19-9-13(4-5-18(19)24-2)17-8-14(7-16(11-22)21-17)15-10-20(23)26-12-15/h4-5,7-9,15,22-23H,3,6,10-12H2,1-2H3. The summed E-state index contributed by atoms with van der Waals surface area (Å²) in [5, 5.41) is 19.2. The number of pyridine rings is 1. The lowest BCUT2D eigenvalue weighted by atomic mass is 9.79. The minimum atomic E-state index is -0.732. The molecule has 1 aliphatic rings. The Balaban J connectivity index is 1.97. The van der Waals surface area contributed by atoms with E-state index in [1.165, 1.54) is 0 Å². The van der Waals surface area contributed by atoms with E-state index in [9.17, 15) is 10.1 Å². The molecule has 0 saturated carbocycles. The summed E-state index contributed by atoms with van der Waals surface area (Å²) in [7, 11) is 0.881. The van der Waals surface area contributed by atoms with Gasteiger partial charge in [0.25, 0.3) is 0 Å². The summed E-state index contributed by atoms with van der Waals surface area (Å²) < 4.78 is 16.4. The summed E-state index contributed by atoms with van der Waals surface area (Å²) in [6.07, 6.45) is 1.45. The van der Waals surface area contributed by atoms with Crippen LogP contribution >= 0.6 is 0 Å². The largest absolute Gasteiger partial charge is 0.493 e. The van der Waals surface area contributed by atoms with Crippen molar-refractivity contribution in [1.29, 1.82) is 0 Å². The lowest BCUT2D eigenvalue weighted by Gasteiger charge is -2.14. The summed E-state index contributed by atoms with van der Waals surface area (Å²) in [6, 6.07) is 9.53. The van der Waals surface area contributed by atoms with E-state index < -0.39 is 7.12 Å². The molecule has 1 fully saturated rings. The quantitative estimate of drug-likeness (QED) is 0.742. The van der Waals surface area contributed by atoms with Crippen molar-refractivity contribution in [2.24, 2.45) is 0 Å². The summed E-state index contributed by atoms with van der Waals surface area (Å²) in [5.41, 5.74) is 3.22. The van der Waals surface area contributed by atoms with E-state index in [1.54, 1.807) is 7.11 Å². The van der Waals surface area contributed by atoms with Gasteiger partial charge >= 0.3 is 7.12 Å². The molecule has 138 valence electrons. The van der Waals surface area contributed by atoms with Crippen LogP contribution in [-0.2, 0) is 11.3 Å². The monoisotopic (exact) mass is 357 g/mol. The fourth-order valence-corrected chi connectivity index (χ4v) is 3.08. The molecule has 1 aromatic heterocycles. The van der Waals surface area contributed by atoms with E-state index in [0.717, 1.165) is 23.2 Å². The van der Waals surface area contributed by atoms with Crippen LogP contribution in [0.1, 0.15) is 30.5 Å². The number of methoxy groups -OCH3 is 1. The second kappa shape index (κ2) is 8.53. The first-order chi connectivity index (χ1) is 12.6. The van der Waals surface area contributed by atoms with Gasteiger partial charge < -0.3 is 24.3 Å². The molecule has 0 amide bonds. The van der Waals surface area contributed by atoms with Crippen LogP contribution in [0.2, 0.25) is 6.32 Å². The predicted octanol–water partition coefficient (Wildman–Crippen LogP) is 2.63. The van der Waals surface area contributed by atoms with E-state index >= 15 is 0 Å². The molecule has 1 unspecified atom stereocenters. The molecule has 26 heavy (non-hydrogen) atoms. The molecule has 2 N–H and O–H groups in total. The van der Waals surface area contributed by atoms with Gasteiger partial charge in [-0.1, -0.05) is 6.92 Å². The van der Waals surface area contributed by atoms with Crippen LogP contribution < -0.4 is 9.47 Å². The van der Waals surface area contributed by atoms with Gasteiger partial charge in [0.2, 0.25) is 0 Å². The van der Waals surface area contributed by atoms with E-state index in [1.807, 2.05) is 37.3 Å². The number of benzene rings is 1. The van der Waals surface area contributed by atoms with E-state index in [2.05, 4.69) is 4.98 Å². The SMILES string of the molecule is CCCOc1cc(-c2cc(C3COB(O)C3)cc(CO)n2)ccc1OC. The van der Waals surface area contributed by atoms with Crippen molar-refractivity contribution in [3.8, 4) is 22.8 Å². The van der Waals surface area contributed by atoms with Gasteiger partial charge in [-0.05, 0) is 48.6 Å². The molecule has 2 aromatic rings. The van der Waals surface area contributed by atoms with Gasteiger partial charge in [0, 0.05) is 18.1 Å². The van der Waals surface area contributed by atoms with Crippen LogP contribution in [-0.4, -0.2) is 42.6 Å². The zero-order valence-corrected chi connectivity index (χ0v) is 15.1. The number of nitrogens with zero attached hydrogens (tertiary/aromatic N) is 1. The van der Waals surface area contributed by atoms with Crippen molar-refractivity contribution in [3.63, 3.8) is 0 Å². The van der Waals surface area contributed by atoms with Gasteiger partial charge in [-0.25, -0.2) is 0 Å². The normalized spacial score (nSPS) is 16.8. The smallest absolute Gasteiger partial charge is 0.454 e. The summed E-state index contributed by atoms with van der Waals surface area (Å²) in [6.45, 7) is 2.97. The fraction of sp³-hybridized carbons (Fsp3) is 0.421. The number of hydrogen-bond donors (Lipinski definition) is 2. The van der Waals surface area contributed by atoms with Crippen molar-refractivity contribution in [2.45, 2.75) is 32.2 Å². The Morgan fingerprint density at radius 3 is 2.77 bits per heavy atom. The maximum Gasteiger partial charge on any atom is 0.454 e. The lowest BCUT2D eigenvalue weighted by Crippen LogP contribution is -2.08.